The summed E-state index contributed by atoms with van der Waals surface area (Å²) >= 11 is 0. The summed E-state index contributed by atoms with van der Waals surface area (Å²) in [6.07, 6.45) is 5.67. The summed E-state index contributed by atoms with van der Waals surface area (Å²) in [5.74, 6) is 6.54. The van der Waals surface area contributed by atoms with Crippen molar-refractivity contribution < 1.29 is 4.74 Å². The molecule has 112 valence electrons. The van der Waals surface area contributed by atoms with Gasteiger partial charge in [0.05, 0.1) is 6.61 Å². The number of ether oxygens (including phenoxy) is 1. The van der Waals surface area contributed by atoms with Crippen molar-refractivity contribution in [3.8, 4) is 11.8 Å². The van der Waals surface area contributed by atoms with Crippen LogP contribution in [0.2, 0.25) is 25.7 Å². The SMILES string of the molecule is C[Si](C)(C)C/C1=C/CCOC(C#Cc2ccccc2)CC1. The van der Waals surface area contributed by atoms with Crippen molar-refractivity contribution in [1.82, 2.24) is 0 Å². The first-order valence-electron chi connectivity index (χ1n) is 7.89. The molecule has 0 radical (unpaired) electrons. The lowest BCUT2D eigenvalue weighted by molar-refractivity contribution is 0.0870. The fourth-order valence-electron chi connectivity index (χ4n) is 2.62. The largest absolute Gasteiger partial charge is 0.365 e. The van der Waals surface area contributed by atoms with Crippen molar-refractivity contribution in [2.24, 2.45) is 0 Å². The summed E-state index contributed by atoms with van der Waals surface area (Å²) in [6, 6.07) is 11.5. The van der Waals surface area contributed by atoms with E-state index >= 15 is 0 Å². The predicted octanol–water partition coefficient (Wildman–Crippen LogP) is 4.87. The van der Waals surface area contributed by atoms with E-state index in [-0.39, 0.29) is 6.10 Å². The van der Waals surface area contributed by atoms with Gasteiger partial charge in [0.1, 0.15) is 6.10 Å². The Hall–Kier alpha value is -1.30. The van der Waals surface area contributed by atoms with Crippen LogP contribution in [0.4, 0.5) is 0 Å². The van der Waals surface area contributed by atoms with Crippen LogP contribution in [0.25, 0.3) is 0 Å². The molecule has 0 aromatic heterocycles. The fourth-order valence-corrected chi connectivity index (χ4v) is 4.30. The Morgan fingerprint density at radius 2 is 1.95 bits per heavy atom. The Kier molecular flexibility index (Phi) is 5.84. The van der Waals surface area contributed by atoms with E-state index in [1.807, 2.05) is 30.3 Å². The van der Waals surface area contributed by atoms with Gasteiger partial charge in [0.2, 0.25) is 0 Å². The van der Waals surface area contributed by atoms with Crippen LogP contribution < -0.4 is 0 Å². The number of allylic oxidation sites excluding steroid dienone is 1. The predicted molar refractivity (Wildman–Crippen MR) is 93.1 cm³/mol. The number of benzene rings is 1. The van der Waals surface area contributed by atoms with Crippen molar-refractivity contribution in [1.29, 1.82) is 0 Å². The molecule has 1 aromatic rings. The Bertz CT molecular complexity index is 528. The molecule has 2 rings (SSSR count). The third-order valence-corrected chi connectivity index (χ3v) is 5.02. The molecule has 0 bridgehead atoms. The smallest absolute Gasteiger partial charge is 0.118 e. The second-order valence-corrected chi connectivity index (χ2v) is 12.4. The monoisotopic (exact) mass is 298 g/mol. The molecule has 1 aliphatic heterocycles. The van der Waals surface area contributed by atoms with Crippen LogP contribution in [0, 0.1) is 11.8 Å². The zero-order chi connectivity index (χ0) is 15.1. The first kappa shape index (κ1) is 16.1. The first-order chi connectivity index (χ1) is 10.0. The Labute approximate surface area is 130 Å². The summed E-state index contributed by atoms with van der Waals surface area (Å²) < 4.78 is 5.88. The van der Waals surface area contributed by atoms with Crippen molar-refractivity contribution in [3.63, 3.8) is 0 Å². The lowest BCUT2D eigenvalue weighted by atomic mass is 10.1. The van der Waals surface area contributed by atoms with E-state index in [9.17, 15) is 0 Å². The molecule has 0 N–H and O–H groups in total. The molecular formula is C19H26OSi. The number of hydrogen-bond donors (Lipinski definition) is 0. The minimum Gasteiger partial charge on any atom is -0.365 e. The third-order valence-electron chi connectivity index (χ3n) is 3.51. The van der Waals surface area contributed by atoms with E-state index in [4.69, 9.17) is 4.74 Å². The van der Waals surface area contributed by atoms with Crippen LogP contribution in [0.15, 0.2) is 42.0 Å². The van der Waals surface area contributed by atoms with Crippen LogP contribution in [-0.2, 0) is 4.74 Å². The molecule has 1 heterocycles. The summed E-state index contributed by atoms with van der Waals surface area (Å²) in [6.45, 7) is 8.12. The van der Waals surface area contributed by atoms with Crippen LogP contribution >= 0.6 is 0 Å². The van der Waals surface area contributed by atoms with Crippen LogP contribution in [0.5, 0.6) is 0 Å². The minimum atomic E-state index is -1.02. The van der Waals surface area contributed by atoms with E-state index in [0.717, 1.165) is 31.4 Å². The molecule has 1 aliphatic rings. The van der Waals surface area contributed by atoms with E-state index in [2.05, 4.69) is 37.6 Å². The topological polar surface area (TPSA) is 9.23 Å². The van der Waals surface area contributed by atoms with Crippen LogP contribution in [0.3, 0.4) is 0 Å². The zero-order valence-electron chi connectivity index (χ0n) is 13.5. The highest BCUT2D eigenvalue weighted by Crippen LogP contribution is 2.23. The van der Waals surface area contributed by atoms with Crippen molar-refractivity contribution in [3.05, 3.63) is 47.5 Å². The van der Waals surface area contributed by atoms with Gasteiger partial charge in [-0.3, -0.25) is 0 Å². The molecule has 21 heavy (non-hydrogen) atoms. The van der Waals surface area contributed by atoms with Gasteiger partial charge in [-0.1, -0.05) is 61.3 Å². The van der Waals surface area contributed by atoms with Crippen LogP contribution in [-0.4, -0.2) is 20.8 Å². The Morgan fingerprint density at radius 1 is 1.19 bits per heavy atom. The quantitative estimate of drug-likeness (QED) is 0.430. The third kappa shape index (κ3) is 6.33. The molecule has 1 aromatic carbocycles. The zero-order valence-corrected chi connectivity index (χ0v) is 14.5. The maximum absolute atomic E-state index is 5.88. The van der Waals surface area contributed by atoms with Crippen molar-refractivity contribution in [2.75, 3.05) is 6.61 Å². The fraction of sp³-hybridized carbons (Fsp3) is 0.474. The second kappa shape index (κ2) is 7.63. The lowest BCUT2D eigenvalue weighted by Gasteiger charge is -2.22. The molecule has 2 heteroatoms. The lowest BCUT2D eigenvalue weighted by Crippen LogP contribution is -2.21. The van der Waals surface area contributed by atoms with Gasteiger partial charge in [-0.15, -0.1) is 0 Å². The van der Waals surface area contributed by atoms with Gasteiger partial charge in [0, 0.05) is 13.6 Å². The van der Waals surface area contributed by atoms with Gasteiger partial charge in [0.25, 0.3) is 0 Å². The van der Waals surface area contributed by atoms with Gasteiger partial charge < -0.3 is 4.74 Å². The van der Waals surface area contributed by atoms with Crippen LogP contribution in [0.1, 0.15) is 24.8 Å². The number of hydrogen-bond acceptors (Lipinski definition) is 1. The maximum Gasteiger partial charge on any atom is 0.118 e. The molecule has 0 saturated carbocycles. The molecule has 0 amide bonds. The summed E-state index contributed by atoms with van der Waals surface area (Å²) in [7, 11) is -1.02. The summed E-state index contributed by atoms with van der Waals surface area (Å²) in [5, 5.41) is 0. The highest BCUT2D eigenvalue weighted by molar-refractivity contribution is 6.76. The highest BCUT2D eigenvalue weighted by Gasteiger charge is 2.17. The Balaban J connectivity index is 1.96. The van der Waals surface area contributed by atoms with E-state index < -0.39 is 8.07 Å². The summed E-state index contributed by atoms with van der Waals surface area (Å²) in [4.78, 5) is 0. The van der Waals surface area contributed by atoms with Crippen molar-refractivity contribution >= 4 is 8.07 Å². The number of rotatable bonds is 2. The molecule has 1 nitrogen and oxygen atoms in total. The van der Waals surface area contributed by atoms with E-state index in [1.54, 1.807) is 5.57 Å². The van der Waals surface area contributed by atoms with Gasteiger partial charge in [-0.05, 0) is 37.4 Å². The first-order valence-corrected chi connectivity index (χ1v) is 11.6. The molecule has 0 aliphatic carbocycles. The maximum atomic E-state index is 5.88. The average molecular weight is 299 g/mol. The molecular weight excluding hydrogens is 272 g/mol. The second-order valence-electron chi connectivity index (χ2n) is 6.92. The summed E-state index contributed by atoms with van der Waals surface area (Å²) in [5.41, 5.74) is 2.70. The van der Waals surface area contributed by atoms with Gasteiger partial charge in [-0.25, -0.2) is 0 Å². The van der Waals surface area contributed by atoms with E-state index in [1.165, 1.54) is 6.04 Å². The van der Waals surface area contributed by atoms with Gasteiger partial charge >= 0.3 is 0 Å². The van der Waals surface area contributed by atoms with Crippen molar-refractivity contribution in [2.45, 2.75) is 51.1 Å². The minimum absolute atomic E-state index is 0.0792. The highest BCUT2D eigenvalue weighted by atomic mass is 28.3. The molecule has 1 atom stereocenters. The molecule has 0 spiro atoms. The van der Waals surface area contributed by atoms with Gasteiger partial charge in [0.15, 0.2) is 0 Å². The normalized spacial score (nSPS) is 22.2. The average Bonchev–Trinajstić information content (AvgIpc) is 2.41. The Morgan fingerprint density at radius 3 is 2.67 bits per heavy atom. The van der Waals surface area contributed by atoms with E-state index in [0.29, 0.717) is 0 Å². The molecule has 0 saturated heterocycles. The van der Waals surface area contributed by atoms with Gasteiger partial charge in [-0.2, -0.15) is 0 Å². The standard InChI is InChI=1S/C19H26OSi/c1-21(2,3)16-18-10-7-15-20-19(14-12-18)13-11-17-8-5-4-6-9-17/h4-6,8-10,19H,7,12,14-16H2,1-3H3/b18-10+. The molecule has 0 fully saturated rings. The molecule has 1 unspecified atom stereocenters.